The minimum atomic E-state index is 0.890. The molecule has 0 amide bonds. The molecule has 0 spiro atoms. The summed E-state index contributed by atoms with van der Waals surface area (Å²) in [4.78, 5) is 0. The summed E-state index contributed by atoms with van der Waals surface area (Å²) in [5.74, 6) is 3.03. The highest BCUT2D eigenvalue weighted by Gasteiger charge is 1.99. The summed E-state index contributed by atoms with van der Waals surface area (Å²) >= 11 is 1.87. The Morgan fingerprint density at radius 2 is 2.00 bits per heavy atom. The van der Waals surface area contributed by atoms with Crippen molar-refractivity contribution >= 4 is 17.4 Å². The van der Waals surface area contributed by atoms with Crippen LogP contribution in [0, 0.1) is 0 Å². The van der Waals surface area contributed by atoms with Gasteiger partial charge in [0.15, 0.2) is 0 Å². The number of thioether (sulfide) groups is 1. The van der Waals surface area contributed by atoms with Crippen LogP contribution in [0.2, 0.25) is 0 Å². The first-order chi connectivity index (χ1) is 7.86. The highest BCUT2D eigenvalue weighted by atomic mass is 32.2. The van der Waals surface area contributed by atoms with Crippen LogP contribution >= 0.6 is 11.8 Å². The van der Waals surface area contributed by atoms with E-state index >= 15 is 0 Å². The number of nitrogen functional groups attached to an aromatic ring is 1. The van der Waals surface area contributed by atoms with Crippen LogP contribution in [0.4, 0.5) is 5.69 Å². The topological polar surface area (TPSA) is 39.2 Å². The van der Waals surface area contributed by atoms with Gasteiger partial charge in [0.1, 0.15) is 5.76 Å². The Balaban J connectivity index is 1.74. The highest BCUT2D eigenvalue weighted by molar-refractivity contribution is 7.98. The lowest BCUT2D eigenvalue weighted by atomic mass is 10.1. The van der Waals surface area contributed by atoms with Crippen molar-refractivity contribution in [3.8, 4) is 0 Å². The van der Waals surface area contributed by atoms with E-state index < -0.39 is 0 Å². The lowest BCUT2D eigenvalue weighted by molar-refractivity contribution is 0.530. The molecule has 0 saturated carbocycles. The van der Waals surface area contributed by atoms with Crippen molar-refractivity contribution in [1.29, 1.82) is 0 Å². The number of para-hydroxylation sites is 1. The summed E-state index contributed by atoms with van der Waals surface area (Å²) in [6, 6.07) is 12.0. The molecule has 3 heteroatoms. The number of aryl methyl sites for hydroxylation is 1. The van der Waals surface area contributed by atoms with Gasteiger partial charge in [0.05, 0.1) is 12.0 Å². The summed E-state index contributed by atoms with van der Waals surface area (Å²) in [5, 5.41) is 0. The quantitative estimate of drug-likeness (QED) is 0.636. The fourth-order valence-electron chi connectivity index (χ4n) is 1.51. The molecular weight excluding hydrogens is 218 g/mol. The van der Waals surface area contributed by atoms with Gasteiger partial charge in [0.25, 0.3) is 0 Å². The number of benzene rings is 1. The van der Waals surface area contributed by atoms with Crippen LogP contribution in [0.5, 0.6) is 0 Å². The molecule has 1 aromatic carbocycles. The molecule has 0 aliphatic rings. The van der Waals surface area contributed by atoms with Gasteiger partial charge in [-0.2, -0.15) is 11.8 Å². The zero-order valence-electron chi connectivity index (χ0n) is 9.06. The SMILES string of the molecule is Nc1ccccc1CCSCc1ccco1. The minimum absolute atomic E-state index is 0.890. The maximum Gasteiger partial charge on any atom is 0.113 e. The Bertz CT molecular complexity index is 425. The first-order valence-electron chi connectivity index (χ1n) is 5.30. The van der Waals surface area contributed by atoms with E-state index in [1.165, 1.54) is 5.56 Å². The zero-order valence-corrected chi connectivity index (χ0v) is 9.87. The maximum absolute atomic E-state index is 5.87. The molecule has 0 bridgehead atoms. The molecule has 16 heavy (non-hydrogen) atoms. The monoisotopic (exact) mass is 233 g/mol. The first kappa shape index (κ1) is 11.1. The lowest BCUT2D eigenvalue weighted by Crippen LogP contribution is -1.95. The third kappa shape index (κ3) is 3.07. The molecule has 0 aliphatic heterocycles. The van der Waals surface area contributed by atoms with Gasteiger partial charge in [-0.15, -0.1) is 0 Å². The summed E-state index contributed by atoms with van der Waals surface area (Å²) in [5.41, 5.74) is 7.99. The number of nitrogens with two attached hydrogens (primary N) is 1. The van der Waals surface area contributed by atoms with Crippen molar-refractivity contribution in [3.63, 3.8) is 0 Å². The van der Waals surface area contributed by atoms with Gasteiger partial charge < -0.3 is 10.2 Å². The van der Waals surface area contributed by atoms with E-state index in [0.29, 0.717) is 0 Å². The van der Waals surface area contributed by atoms with Gasteiger partial charge in [0.2, 0.25) is 0 Å². The van der Waals surface area contributed by atoms with Crippen LogP contribution < -0.4 is 5.73 Å². The molecule has 2 nitrogen and oxygen atoms in total. The van der Waals surface area contributed by atoms with E-state index in [0.717, 1.165) is 29.4 Å². The fourth-order valence-corrected chi connectivity index (χ4v) is 2.39. The van der Waals surface area contributed by atoms with Crippen molar-refractivity contribution in [2.75, 3.05) is 11.5 Å². The van der Waals surface area contributed by atoms with E-state index in [2.05, 4.69) is 6.07 Å². The van der Waals surface area contributed by atoms with Gasteiger partial charge >= 0.3 is 0 Å². The molecule has 0 unspecified atom stereocenters. The molecule has 0 atom stereocenters. The van der Waals surface area contributed by atoms with Gasteiger partial charge in [-0.05, 0) is 35.9 Å². The van der Waals surface area contributed by atoms with Gasteiger partial charge in [0, 0.05) is 5.69 Å². The number of anilines is 1. The van der Waals surface area contributed by atoms with Crippen LogP contribution in [0.15, 0.2) is 47.1 Å². The molecule has 2 aromatic rings. The Kier molecular flexibility index (Phi) is 3.94. The van der Waals surface area contributed by atoms with E-state index in [9.17, 15) is 0 Å². The summed E-state index contributed by atoms with van der Waals surface area (Å²) in [6.07, 6.45) is 2.73. The van der Waals surface area contributed by atoms with Crippen LogP contribution in [0.3, 0.4) is 0 Å². The van der Waals surface area contributed by atoms with Crippen LogP contribution in [-0.4, -0.2) is 5.75 Å². The second-order valence-corrected chi connectivity index (χ2v) is 4.69. The molecule has 0 radical (unpaired) electrons. The lowest BCUT2D eigenvalue weighted by Gasteiger charge is -2.04. The van der Waals surface area contributed by atoms with Crippen molar-refractivity contribution in [3.05, 3.63) is 54.0 Å². The Morgan fingerprint density at radius 3 is 2.75 bits per heavy atom. The Morgan fingerprint density at radius 1 is 1.12 bits per heavy atom. The molecule has 0 saturated heterocycles. The summed E-state index contributed by atoms with van der Waals surface area (Å²) < 4.78 is 5.26. The van der Waals surface area contributed by atoms with E-state index in [-0.39, 0.29) is 0 Å². The predicted molar refractivity (Wildman–Crippen MR) is 69.4 cm³/mol. The van der Waals surface area contributed by atoms with Crippen molar-refractivity contribution in [1.82, 2.24) is 0 Å². The average molecular weight is 233 g/mol. The van der Waals surface area contributed by atoms with Gasteiger partial charge in [-0.3, -0.25) is 0 Å². The van der Waals surface area contributed by atoms with Gasteiger partial charge in [-0.25, -0.2) is 0 Å². The van der Waals surface area contributed by atoms with Crippen LogP contribution in [0.1, 0.15) is 11.3 Å². The Labute approximate surface area is 99.8 Å². The molecule has 2 rings (SSSR count). The average Bonchev–Trinajstić information content (AvgIpc) is 2.79. The van der Waals surface area contributed by atoms with E-state index in [1.807, 2.05) is 42.1 Å². The number of rotatable bonds is 5. The molecule has 2 N–H and O–H groups in total. The number of furan rings is 1. The highest BCUT2D eigenvalue weighted by Crippen LogP contribution is 2.17. The standard InChI is InChI=1S/C13H15NOS/c14-13-6-2-1-4-11(13)7-9-16-10-12-5-3-8-15-12/h1-6,8H,7,9-10,14H2. The normalized spacial score (nSPS) is 10.5. The third-order valence-corrected chi connectivity index (χ3v) is 3.38. The smallest absolute Gasteiger partial charge is 0.113 e. The largest absolute Gasteiger partial charge is 0.468 e. The summed E-state index contributed by atoms with van der Waals surface area (Å²) in [6.45, 7) is 0. The predicted octanol–water partition coefficient (Wildman–Crippen LogP) is 3.34. The van der Waals surface area contributed by atoms with Gasteiger partial charge in [-0.1, -0.05) is 18.2 Å². The summed E-state index contributed by atoms with van der Waals surface area (Å²) in [7, 11) is 0. The molecule has 1 aromatic heterocycles. The molecule has 0 aliphatic carbocycles. The number of hydrogen-bond donors (Lipinski definition) is 1. The van der Waals surface area contributed by atoms with Crippen LogP contribution in [-0.2, 0) is 12.2 Å². The first-order valence-corrected chi connectivity index (χ1v) is 6.45. The van der Waals surface area contributed by atoms with Crippen molar-refractivity contribution < 1.29 is 4.42 Å². The zero-order chi connectivity index (χ0) is 11.2. The second kappa shape index (κ2) is 5.66. The molecule has 1 heterocycles. The van der Waals surface area contributed by atoms with Crippen LogP contribution in [0.25, 0.3) is 0 Å². The third-order valence-electron chi connectivity index (χ3n) is 2.40. The van der Waals surface area contributed by atoms with Crippen molar-refractivity contribution in [2.45, 2.75) is 12.2 Å². The van der Waals surface area contributed by atoms with E-state index in [4.69, 9.17) is 10.2 Å². The second-order valence-electron chi connectivity index (χ2n) is 3.58. The van der Waals surface area contributed by atoms with Crippen molar-refractivity contribution in [2.24, 2.45) is 0 Å². The fraction of sp³-hybridized carbons (Fsp3) is 0.231. The number of hydrogen-bond acceptors (Lipinski definition) is 3. The molecule has 0 fully saturated rings. The maximum atomic E-state index is 5.87. The molecular formula is C13H15NOS. The minimum Gasteiger partial charge on any atom is -0.468 e. The molecule has 84 valence electrons. The van der Waals surface area contributed by atoms with E-state index in [1.54, 1.807) is 6.26 Å². The Hall–Kier alpha value is -1.35.